The van der Waals surface area contributed by atoms with E-state index in [0.717, 1.165) is 30.8 Å². The third-order valence-corrected chi connectivity index (χ3v) is 4.69. The van der Waals surface area contributed by atoms with E-state index in [2.05, 4.69) is 10.3 Å². The molecule has 3 aromatic rings. The summed E-state index contributed by atoms with van der Waals surface area (Å²) < 4.78 is 11.6. The summed E-state index contributed by atoms with van der Waals surface area (Å²) in [5.74, 6) is 1.98. The fraction of sp³-hybridized carbons (Fsp3) is 0.182. The van der Waals surface area contributed by atoms with Crippen molar-refractivity contribution >= 4 is 5.91 Å². The molecule has 0 radical (unpaired) electrons. The first-order valence-corrected chi connectivity index (χ1v) is 9.20. The SMILES string of the molecule is NC(=O)c1cc(C2CCNC2)cnc1Oc1ccc(Oc2ccccc2)cc1. The number of nitrogens with zero attached hydrogens (tertiary/aromatic N) is 1. The predicted octanol–water partition coefficient (Wildman–Crippen LogP) is 3.84. The number of nitrogens with two attached hydrogens (primary N) is 1. The summed E-state index contributed by atoms with van der Waals surface area (Å²) in [4.78, 5) is 16.3. The van der Waals surface area contributed by atoms with Crippen LogP contribution >= 0.6 is 0 Å². The summed E-state index contributed by atoms with van der Waals surface area (Å²) in [6, 6.07) is 18.4. The van der Waals surface area contributed by atoms with Crippen molar-refractivity contribution in [3.8, 4) is 23.1 Å². The van der Waals surface area contributed by atoms with Crippen LogP contribution in [-0.2, 0) is 0 Å². The normalized spacial score (nSPS) is 15.9. The Labute approximate surface area is 163 Å². The number of amides is 1. The molecule has 0 spiro atoms. The monoisotopic (exact) mass is 375 g/mol. The molecule has 1 aliphatic heterocycles. The first-order chi connectivity index (χ1) is 13.7. The van der Waals surface area contributed by atoms with Gasteiger partial charge in [-0.3, -0.25) is 4.79 Å². The van der Waals surface area contributed by atoms with Crippen LogP contribution in [0.3, 0.4) is 0 Å². The molecule has 2 aromatic carbocycles. The van der Waals surface area contributed by atoms with Crippen molar-refractivity contribution in [2.24, 2.45) is 5.73 Å². The number of primary amides is 1. The predicted molar refractivity (Wildman–Crippen MR) is 106 cm³/mol. The molecule has 4 rings (SSSR count). The lowest BCUT2D eigenvalue weighted by atomic mass is 9.99. The fourth-order valence-electron chi connectivity index (χ4n) is 3.20. The zero-order chi connectivity index (χ0) is 19.3. The number of rotatable bonds is 6. The molecule has 1 saturated heterocycles. The highest BCUT2D eigenvalue weighted by molar-refractivity contribution is 5.95. The van der Waals surface area contributed by atoms with Crippen LogP contribution in [0.2, 0.25) is 0 Å². The van der Waals surface area contributed by atoms with E-state index >= 15 is 0 Å². The van der Waals surface area contributed by atoms with Gasteiger partial charge in [0.15, 0.2) is 0 Å². The van der Waals surface area contributed by atoms with Gasteiger partial charge >= 0.3 is 0 Å². The minimum Gasteiger partial charge on any atom is -0.457 e. The molecule has 1 atom stereocenters. The molecular formula is C22H21N3O3. The highest BCUT2D eigenvalue weighted by atomic mass is 16.5. The van der Waals surface area contributed by atoms with Gasteiger partial charge in [0.25, 0.3) is 5.91 Å². The lowest BCUT2D eigenvalue weighted by Crippen LogP contribution is -2.15. The van der Waals surface area contributed by atoms with Crippen LogP contribution in [0, 0.1) is 0 Å². The topological polar surface area (TPSA) is 86.5 Å². The standard InChI is InChI=1S/C22H21N3O3/c23-21(26)20-12-16(15-10-11-24-13-15)14-25-22(20)28-19-8-6-18(7-9-19)27-17-4-2-1-3-5-17/h1-9,12,14-15,24H,10-11,13H2,(H2,23,26). The molecule has 1 fully saturated rings. The summed E-state index contributed by atoms with van der Waals surface area (Å²) in [5, 5.41) is 3.31. The number of ether oxygens (including phenoxy) is 2. The second-order valence-electron chi connectivity index (χ2n) is 6.66. The number of para-hydroxylation sites is 1. The Kier molecular flexibility index (Phi) is 5.21. The van der Waals surface area contributed by atoms with Crippen molar-refractivity contribution in [2.75, 3.05) is 13.1 Å². The van der Waals surface area contributed by atoms with Crippen LogP contribution in [0.25, 0.3) is 0 Å². The Balaban J connectivity index is 1.50. The maximum Gasteiger partial charge on any atom is 0.254 e. The number of hydrogen-bond acceptors (Lipinski definition) is 5. The van der Waals surface area contributed by atoms with E-state index in [9.17, 15) is 4.79 Å². The van der Waals surface area contributed by atoms with Crippen molar-refractivity contribution in [3.63, 3.8) is 0 Å². The molecule has 0 aliphatic carbocycles. The van der Waals surface area contributed by atoms with E-state index in [1.807, 2.05) is 30.3 Å². The van der Waals surface area contributed by atoms with Crippen LogP contribution in [-0.4, -0.2) is 24.0 Å². The molecule has 1 unspecified atom stereocenters. The summed E-state index contributed by atoms with van der Waals surface area (Å²) in [6.07, 6.45) is 2.77. The number of nitrogens with one attached hydrogen (secondary N) is 1. The van der Waals surface area contributed by atoms with E-state index in [1.54, 1.807) is 36.5 Å². The van der Waals surface area contributed by atoms with Crippen LogP contribution in [0.1, 0.15) is 28.3 Å². The van der Waals surface area contributed by atoms with Gasteiger partial charge in [0, 0.05) is 12.7 Å². The van der Waals surface area contributed by atoms with Gasteiger partial charge in [-0.15, -0.1) is 0 Å². The summed E-state index contributed by atoms with van der Waals surface area (Å²) in [7, 11) is 0. The van der Waals surface area contributed by atoms with Gasteiger partial charge < -0.3 is 20.5 Å². The van der Waals surface area contributed by atoms with Crippen molar-refractivity contribution in [3.05, 3.63) is 78.0 Å². The quantitative estimate of drug-likeness (QED) is 0.684. The molecule has 1 amide bonds. The largest absolute Gasteiger partial charge is 0.457 e. The Morgan fingerprint density at radius 2 is 1.68 bits per heavy atom. The number of benzene rings is 2. The minimum absolute atomic E-state index is 0.207. The van der Waals surface area contributed by atoms with Gasteiger partial charge in [-0.1, -0.05) is 18.2 Å². The number of hydrogen-bond donors (Lipinski definition) is 2. The Morgan fingerprint density at radius 1 is 1.00 bits per heavy atom. The van der Waals surface area contributed by atoms with Crippen LogP contribution in [0.4, 0.5) is 0 Å². The lowest BCUT2D eigenvalue weighted by Gasteiger charge is -2.13. The smallest absolute Gasteiger partial charge is 0.254 e. The van der Waals surface area contributed by atoms with Gasteiger partial charge in [0.1, 0.15) is 22.8 Å². The summed E-state index contributed by atoms with van der Waals surface area (Å²) in [5.41, 5.74) is 6.84. The Bertz CT molecular complexity index is 953. The van der Waals surface area contributed by atoms with Gasteiger partial charge in [-0.05, 0) is 66.9 Å². The molecule has 1 aromatic heterocycles. The molecule has 3 N–H and O–H groups in total. The highest BCUT2D eigenvalue weighted by Gasteiger charge is 2.20. The third-order valence-electron chi connectivity index (χ3n) is 4.69. The van der Waals surface area contributed by atoms with Gasteiger partial charge in [-0.25, -0.2) is 4.98 Å². The molecule has 142 valence electrons. The molecule has 0 saturated carbocycles. The van der Waals surface area contributed by atoms with E-state index < -0.39 is 5.91 Å². The minimum atomic E-state index is -0.556. The second kappa shape index (κ2) is 8.10. The van der Waals surface area contributed by atoms with Crippen LogP contribution in [0.15, 0.2) is 66.9 Å². The first kappa shape index (κ1) is 18.0. The molecule has 28 heavy (non-hydrogen) atoms. The molecule has 0 bridgehead atoms. The van der Waals surface area contributed by atoms with E-state index in [4.69, 9.17) is 15.2 Å². The lowest BCUT2D eigenvalue weighted by molar-refractivity contribution is 0.0997. The fourth-order valence-corrected chi connectivity index (χ4v) is 3.20. The number of carbonyl (C=O) groups excluding carboxylic acids is 1. The van der Waals surface area contributed by atoms with Crippen molar-refractivity contribution in [1.82, 2.24) is 10.3 Å². The van der Waals surface area contributed by atoms with Gasteiger partial charge in [-0.2, -0.15) is 0 Å². The molecule has 1 aliphatic rings. The summed E-state index contributed by atoms with van der Waals surface area (Å²) >= 11 is 0. The third kappa shape index (κ3) is 4.13. The number of aromatic nitrogens is 1. The summed E-state index contributed by atoms with van der Waals surface area (Å²) in [6.45, 7) is 1.84. The van der Waals surface area contributed by atoms with Crippen LogP contribution < -0.4 is 20.5 Å². The van der Waals surface area contributed by atoms with E-state index in [1.165, 1.54) is 0 Å². The maximum absolute atomic E-state index is 11.9. The highest BCUT2D eigenvalue weighted by Crippen LogP contribution is 2.30. The van der Waals surface area contributed by atoms with E-state index in [0.29, 0.717) is 17.4 Å². The van der Waals surface area contributed by atoms with Crippen molar-refractivity contribution in [1.29, 1.82) is 0 Å². The van der Waals surface area contributed by atoms with Crippen molar-refractivity contribution < 1.29 is 14.3 Å². The van der Waals surface area contributed by atoms with Gasteiger partial charge in [0.05, 0.1) is 0 Å². The first-order valence-electron chi connectivity index (χ1n) is 9.20. The molecular weight excluding hydrogens is 354 g/mol. The molecule has 6 nitrogen and oxygen atoms in total. The zero-order valence-electron chi connectivity index (χ0n) is 15.3. The maximum atomic E-state index is 11.9. The average Bonchev–Trinajstić information content (AvgIpc) is 3.25. The second-order valence-corrected chi connectivity index (χ2v) is 6.66. The Hall–Kier alpha value is -3.38. The number of carbonyl (C=O) groups is 1. The molecule has 2 heterocycles. The average molecular weight is 375 g/mol. The Morgan fingerprint density at radius 3 is 2.32 bits per heavy atom. The number of pyridine rings is 1. The van der Waals surface area contributed by atoms with Crippen LogP contribution in [0.5, 0.6) is 23.1 Å². The van der Waals surface area contributed by atoms with Crippen molar-refractivity contribution in [2.45, 2.75) is 12.3 Å². The molecule has 6 heteroatoms. The van der Waals surface area contributed by atoms with Gasteiger partial charge in [0.2, 0.25) is 5.88 Å². The zero-order valence-corrected chi connectivity index (χ0v) is 15.3. The van der Waals surface area contributed by atoms with E-state index in [-0.39, 0.29) is 11.4 Å².